The molecule has 1 unspecified atom stereocenters. The summed E-state index contributed by atoms with van der Waals surface area (Å²) in [5, 5.41) is 3.38. The third-order valence-electron chi connectivity index (χ3n) is 3.02. The van der Waals surface area contributed by atoms with Crippen LogP contribution in [0.3, 0.4) is 0 Å². The molecule has 3 heteroatoms. The first kappa shape index (κ1) is 12.1. The molecule has 0 spiro atoms. The van der Waals surface area contributed by atoms with E-state index in [0.29, 0.717) is 18.6 Å². The van der Waals surface area contributed by atoms with Gasteiger partial charge in [-0.05, 0) is 25.1 Å². The van der Waals surface area contributed by atoms with E-state index in [1.807, 2.05) is 24.3 Å². The van der Waals surface area contributed by atoms with Crippen molar-refractivity contribution in [2.24, 2.45) is 0 Å². The van der Waals surface area contributed by atoms with E-state index < -0.39 is 0 Å². The number of hydrogen-bond donors (Lipinski definition) is 1. The molecule has 1 N–H and O–H groups in total. The van der Waals surface area contributed by atoms with Gasteiger partial charge in [-0.1, -0.05) is 25.5 Å². The van der Waals surface area contributed by atoms with Gasteiger partial charge in [0.1, 0.15) is 12.4 Å². The summed E-state index contributed by atoms with van der Waals surface area (Å²) in [6, 6.07) is 7.62. The van der Waals surface area contributed by atoms with Crippen molar-refractivity contribution in [3.05, 3.63) is 29.8 Å². The zero-order chi connectivity index (χ0) is 12.1. The average Bonchev–Trinajstić information content (AvgIpc) is 2.50. The van der Waals surface area contributed by atoms with Gasteiger partial charge in [0.2, 0.25) is 0 Å². The van der Waals surface area contributed by atoms with E-state index in [-0.39, 0.29) is 11.8 Å². The number of Topliss-reactive ketones (excluding diaryl/α,β-unsaturated/α-hetero) is 1. The zero-order valence-electron chi connectivity index (χ0n) is 10.2. The maximum absolute atomic E-state index is 12.0. The van der Waals surface area contributed by atoms with Crippen LogP contribution in [0.1, 0.15) is 36.5 Å². The van der Waals surface area contributed by atoms with Crippen LogP contribution in [-0.4, -0.2) is 25.0 Å². The van der Waals surface area contributed by atoms with Gasteiger partial charge < -0.3 is 10.1 Å². The monoisotopic (exact) mass is 233 g/mol. The number of hydrogen-bond acceptors (Lipinski definition) is 3. The summed E-state index contributed by atoms with van der Waals surface area (Å²) in [7, 11) is 0. The molecule has 0 saturated carbocycles. The van der Waals surface area contributed by atoms with E-state index in [2.05, 4.69) is 12.2 Å². The number of rotatable bonds is 4. The first-order chi connectivity index (χ1) is 8.31. The van der Waals surface area contributed by atoms with Crippen molar-refractivity contribution in [1.82, 2.24) is 5.32 Å². The molecule has 1 aliphatic heterocycles. The molecule has 1 aromatic rings. The van der Waals surface area contributed by atoms with Crippen molar-refractivity contribution in [1.29, 1.82) is 0 Å². The molecular weight excluding hydrogens is 214 g/mol. The topological polar surface area (TPSA) is 38.3 Å². The SMILES string of the molecule is CCCCNC1COc2ccccc2C(=O)C1. The molecule has 92 valence electrons. The van der Waals surface area contributed by atoms with E-state index in [1.54, 1.807) is 0 Å². The molecule has 0 radical (unpaired) electrons. The lowest BCUT2D eigenvalue weighted by atomic mass is 10.0. The van der Waals surface area contributed by atoms with E-state index in [4.69, 9.17) is 4.74 Å². The van der Waals surface area contributed by atoms with E-state index in [0.717, 1.165) is 25.1 Å². The van der Waals surface area contributed by atoms with Crippen molar-refractivity contribution in [3.63, 3.8) is 0 Å². The lowest BCUT2D eigenvalue weighted by Gasteiger charge is -2.14. The highest BCUT2D eigenvalue weighted by atomic mass is 16.5. The predicted octanol–water partition coefficient (Wildman–Crippen LogP) is 2.41. The van der Waals surface area contributed by atoms with Gasteiger partial charge in [0.25, 0.3) is 0 Å². The van der Waals surface area contributed by atoms with Crippen LogP contribution in [0.2, 0.25) is 0 Å². The summed E-state index contributed by atoms with van der Waals surface area (Å²) in [6.45, 7) is 3.69. The molecule has 0 amide bonds. The van der Waals surface area contributed by atoms with Crippen LogP contribution in [0.5, 0.6) is 5.75 Å². The number of ether oxygens (including phenoxy) is 1. The van der Waals surface area contributed by atoms with Gasteiger partial charge in [-0.2, -0.15) is 0 Å². The number of carbonyl (C=O) groups excluding carboxylic acids is 1. The molecule has 0 aliphatic carbocycles. The molecule has 0 saturated heterocycles. The molecule has 0 aromatic heterocycles. The second-order valence-corrected chi connectivity index (χ2v) is 4.44. The second-order valence-electron chi connectivity index (χ2n) is 4.44. The molecule has 0 fully saturated rings. The van der Waals surface area contributed by atoms with E-state index >= 15 is 0 Å². The minimum Gasteiger partial charge on any atom is -0.491 e. The van der Waals surface area contributed by atoms with Crippen LogP contribution >= 0.6 is 0 Å². The minimum atomic E-state index is 0.140. The van der Waals surface area contributed by atoms with Crippen LogP contribution in [0, 0.1) is 0 Å². The molecule has 1 aliphatic rings. The Labute approximate surface area is 102 Å². The lowest BCUT2D eigenvalue weighted by Crippen LogP contribution is -2.35. The van der Waals surface area contributed by atoms with Gasteiger partial charge in [0.05, 0.1) is 5.56 Å². The lowest BCUT2D eigenvalue weighted by molar-refractivity contribution is 0.0971. The Morgan fingerprint density at radius 2 is 2.24 bits per heavy atom. The normalized spacial score (nSPS) is 19.4. The average molecular weight is 233 g/mol. The van der Waals surface area contributed by atoms with Crippen LogP contribution in [0.15, 0.2) is 24.3 Å². The number of unbranched alkanes of at least 4 members (excludes halogenated alkanes) is 1. The Kier molecular flexibility index (Phi) is 4.15. The van der Waals surface area contributed by atoms with Gasteiger partial charge >= 0.3 is 0 Å². The molecule has 0 bridgehead atoms. The van der Waals surface area contributed by atoms with Crippen molar-refractivity contribution < 1.29 is 9.53 Å². The number of ketones is 1. The number of benzene rings is 1. The van der Waals surface area contributed by atoms with Crippen LogP contribution < -0.4 is 10.1 Å². The summed E-state index contributed by atoms with van der Waals surface area (Å²) >= 11 is 0. The van der Waals surface area contributed by atoms with Gasteiger partial charge in [-0.3, -0.25) is 4.79 Å². The van der Waals surface area contributed by atoms with Gasteiger partial charge in [-0.15, -0.1) is 0 Å². The van der Waals surface area contributed by atoms with Crippen molar-refractivity contribution in [3.8, 4) is 5.75 Å². The Bertz CT molecular complexity index is 390. The fourth-order valence-electron chi connectivity index (χ4n) is 2.02. The Balaban J connectivity index is 2.00. The molecule has 1 atom stereocenters. The van der Waals surface area contributed by atoms with Crippen molar-refractivity contribution in [2.75, 3.05) is 13.2 Å². The third-order valence-corrected chi connectivity index (χ3v) is 3.02. The van der Waals surface area contributed by atoms with Gasteiger partial charge in [-0.25, -0.2) is 0 Å². The Morgan fingerprint density at radius 1 is 1.41 bits per heavy atom. The van der Waals surface area contributed by atoms with Crippen LogP contribution in [-0.2, 0) is 0 Å². The quantitative estimate of drug-likeness (QED) is 0.812. The summed E-state index contributed by atoms with van der Waals surface area (Å²) < 4.78 is 5.68. The zero-order valence-corrected chi connectivity index (χ0v) is 10.2. The fourth-order valence-corrected chi connectivity index (χ4v) is 2.02. The number of nitrogens with one attached hydrogen (secondary N) is 1. The maximum atomic E-state index is 12.0. The van der Waals surface area contributed by atoms with Gasteiger partial charge in [0, 0.05) is 12.5 Å². The Morgan fingerprint density at radius 3 is 3.06 bits per heavy atom. The van der Waals surface area contributed by atoms with Crippen LogP contribution in [0.4, 0.5) is 0 Å². The van der Waals surface area contributed by atoms with E-state index in [1.165, 1.54) is 0 Å². The minimum absolute atomic E-state index is 0.140. The molecule has 1 heterocycles. The highest BCUT2D eigenvalue weighted by molar-refractivity contribution is 5.99. The predicted molar refractivity (Wildman–Crippen MR) is 67.6 cm³/mol. The number of para-hydroxylation sites is 1. The summed E-state index contributed by atoms with van der Waals surface area (Å²) in [5.41, 5.74) is 0.715. The molecule has 3 nitrogen and oxygen atoms in total. The maximum Gasteiger partial charge on any atom is 0.168 e. The standard InChI is InChI=1S/C14H19NO2/c1-2-3-8-15-11-9-13(16)12-6-4-5-7-14(12)17-10-11/h4-7,11,15H,2-3,8-10H2,1H3. The first-order valence-electron chi connectivity index (χ1n) is 6.29. The molecular formula is C14H19NO2. The van der Waals surface area contributed by atoms with Crippen molar-refractivity contribution >= 4 is 5.78 Å². The fraction of sp³-hybridized carbons (Fsp3) is 0.500. The summed E-state index contributed by atoms with van der Waals surface area (Å²) in [5.74, 6) is 0.893. The molecule has 17 heavy (non-hydrogen) atoms. The third kappa shape index (κ3) is 3.07. The largest absolute Gasteiger partial charge is 0.491 e. The number of carbonyl (C=O) groups is 1. The second kappa shape index (κ2) is 5.82. The smallest absolute Gasteiger partial charge is 0.168 e. The van der Waals surface area contributed by atoms with E-state index in [9.17, 15) is 4.79 Å². The highest BCUT2D eigenvalue weighted by Crippen LogP contribution is 2.23. The summed E-state index contributed by atoms with van der Waals surface area (Å²) in [4.78, 5) is 12.0. The first-order valence-corrected chi connectivity index (χ1v) is 6.29. The Hall–Kier alpha value is -1.35. The summed E-state index contributed by atoms with van der Waals surface area (Å²) in [6.07, 6.45) is 2.83. The van der Waals surface area contributed by atoms with Crippen LogP contribution in [0.25, 0.3) is 0 Å². The highest BCUT2D eigenvalue weighted by Gasteiger charge is 2.22. The number of fused-ring (bicyclic) bond motifs is 1. The van der Waals surface area contributed by atoms with Gasteiger partial charge in [0.15, 0.2) is 5.78 Å². The van der Waals surface area contributed by atoms with Crippen molar-refractivity contribution in [2.45, 2.75) is 32.2 Å². The molecule has 2 rings (SSSR count). The molecule has 1 aromatic carbocycles.